The zero-order valence-corrected chi connectivity index (χ0v) is 15.4. The van der Waals surface area contributed by atoms with Gasteiger partial charge in [0.05, 0.1) is 6.54 Å². The highest BCUT2D eigenvalue weighted by Gasteiger charge is 2.25. The molecule has 2 atom stereocenters. The molecule has 0 fully saturated rings. The molecule has 0 radical (unpaired) electrons. The van der Waals surface area contributed by atoms with E-state index >= 15 is 0 Å². The number of rotatable bonds is 11. The Bertz CT molecular complexity index is 568. The average molecular weight is 366 g/mol. The summed E-state index contributed by atoms with van der Waals surface area (Å²) in [5.41, 5.74) is 6.28. The first-order valence-corrected chi connectivity index (χ1v) is 9.43. The maximum Gasteiger partial charge on any atom is 0.243 e. The van der Waals surface area contributed by atoms with Crippen molar-refractivity contribution in [2.45, 2.75) is 24.9 Å². The molecule has 0 aliphatic heterocycles. The fourth-order valence-electron chi connectivity index (χ4n) is 2.26. The molecular weight excluding hydrogens is 340 g/mol. The van der Waals surface area contributed by atoms with E-state index in [4.69, 9.17) is 5.73 Å². The predicted octanol–water partition coefficient (Wildman–Crippen LogP) is -0.343. The van der Waals surface area contributed by atoms with Crippen LogP contribution in [0.2, 0.25) is 0 Å². The first-order valence-electron chi connectivity index (χ1n) is 8.04. The Morgan fingerprint density at radius 1 is 1.12 bits per heavy atom. The molecule has 0 bridgehead atoms. The topological polar surface area (TPSA) is 113 Å². The van der Waals surface area contributed by atoms with Crippen LogP contribution >= 0.6 is 11.8 Å². The SMILES string of the molecule is CNCC(=O)NC(Cc1ccccc1)C(=O)NC(CCSC)C(N)=O. The van der Waals surface area contributed by atoms with Gasteiger partial charge in [0.1, 0.15) is 12.1 Å². The van der Waals surface area contributed by atoms with Gasteiger partial charge in [0.2, 0.25) is 17.7 Å². The van der Waals surface area contributed by atoms with E-state index < -0.39 is 23.9 Å². The van der Waals surface area contributed by atoms with Crippen LogP contribution in [0.5, 0.6) is 0 Å². The molecular formula is C17H26N4O3S. The van der Waals surface area contributed by atoms with Crippen LogP contribution in [0.1, 0.15) is 12.0 Å². The highest BCUT2D eigenvalue weighted by Crippen LogP contribution is 2.05. The molecule has 7 nitrogen and oxygen atoms in total. The zero-order valence-electron chi connectivity index (χ0n) is 14.6. The van der Waals surface area contributed by atoms with E-state index in [-0.39, 0.29) is 12.5 Å². The first kappa shape index (κ1) is 21.0. The number of amides is 3. The van der Waals surface area contributed by atoms with Crippen LogP contribution in [0.25, 0.3) is 0 Å². The Balaban J connectivity index is 2.82. The van der Waals surface area contributed by atoms with Crippen LogP contribution in [0.15, 0.2) is 30.3 Å². The Morgan fingerprint density at radius 3 is 2.36 bits per heavy atom. The van der Waals surface area contributed by atoms with E-state index in [1.807, 2.05) is 36.6 Å². The molecule has 0 heterocycles. The maximum atomic E-state index is 12.6. The highest BCUT2D eigenvalue weighted by molar-refractivity contribution is 7.98. The van der Waals surface area contributed by atoms with E-state index in [2.05, 4.69) is 16.0 Å². The summed E-state index contributed by atoms with van der Waals surface area (Å²) in [6, 6.07) is 7.84. The van der Waals surface area contributed by atoms with Crippen molar-refractivity contribution in [3.05, 3.63) is 35.9 Å². The third-order valence-electron chi connectivity index (χ3n) is 3.54. The number of primary amides is 1. The summed E-state index contributed by atoms with van der Waals surface area (Å²) in [7, 11) is 1.65. The summed E-state index contributed by atoms with van der Waals surface area (Å²) < 4.78 is 0. The van der Waals surface area contributed by atoms with Crippen LogP contribution in [0.4, 0.5) is 0 Å². The van der Waals surface area contributed by atoms with Crippen molar-refractivity contribution in [1.82, 2.24) is 16.0 Å². The van der Waals surface area contributed by atoms with E-state index in [0.29, 0.717) is 18.6 Å². The molecule has 0 saturated heterocycles. The Labute approximate surface area is 152 Å². The number of thioether (sulfide) groups is 1. The van der Waals surface area contributed by atoms with Gasteiger partial charge >= 0.3 is 0 Å². The molecule has 3 amide bonds. The summed E-state index contributed by atoms with van der Waals surface area (Å²) in [4.78, 5) is 36.0. The van der Waals surface area contributed by atoms with Crippen molar-refractivity contribution in [2.24, 2.45) is 5.73 Å². The minimum absolute atomic E-state index is 0.101. The zero-order chi connectivity index (χ0) is 18.7. The van der Waals surface area contributed by atoms with Gasteiger partial charge in [-0.15, -0.1) is 0 Å². The minimum atomic E-state index is -0.778. The van der Waals surface area contributed by atoms with Gasteiger partial charge in [-0.05, 0) is 31.0 Å². The third-order valence-corrected chi connectivity index (χ3v) is 4.19. The summed E-state index contributed by atoms with van der Waals surface area (Å²) >= 11 is 1.57. The molecule has 0 spiro atoms. The van der Waals surface area contributed by atoms with Gasteiger partial charge in [-0.2, -0.15) is 11.8 Å². The van der Waals surface area contributed by atoms with Crippen LogP contribution in [0.3, 0.4) is 0 Å². The fourth-order valence-corrected chi connectivity index (χ4v) is 2.73. The summed E-state index contributed by atoms with van der Waals surface area (Å²) in [6.07, 6.45) is 2.69. The Hall–Kier alpha value is -2.06. The van der Waals surface area contributed by atoms with Gasteiger partial charge in [0.25, 0.3) is 0 Å². The third kappa shape index (κ3) is 8.04. The molecule has 0 aliphatic carbocycles. The quantitative estimate of drug-likeness (QED) is 0.428. The van der Waals surface area contributed by atoms with E-state index in [1.54, 1.807) is 18.8 Å². The van der Waals surface area contributed by atoms with Crippen LogP contribution < -0.4 is 21.7 Å². The van der Waals surface area contributed by atoms with Gasteiger partial charge in [0.15, 0.2) is 0 Å². The van der Waals surface area contributed by atoms with Crippen LogP contribution in [-0.4, -0.2) is 55.4 Å². The van der Waals surface area contributed by atoms with Gasteiger partial charge in [0, 0.05) is 6.42 Å². The van der Waals surface area contributed by atoms with Gasteiger partial charge in [-0.1, -0.05) is 30.3 Å². The number of carbonyl (C=O) groups is 3. The lowest BCUT2D eigenvalue weighted by molar-refractivity contribution is -0.131. The predicted molar refractivity (Wildman–Crippen MR) is 100 cm³/mol. The van der Waals surface area contributed by atoms with Crippen molar-refractivity contribution in [3.63, 3.8) is 0 Å². The molecule has 1 aromatic rings. The highest BCUT2D eigenvalue weighted by atomic mass is 32.2. The number of nitrogens with two attached hydrogens (primary N) is 1. The smallest absolute Gasteiger partial charge is 0.243 e. The minimum Gasteiger partial charge on any atom is -0.368 e. The van der Waals surface area contributed by atoms with Crippen molar-refractivity contribution >= 4 is 29.5 Å². The molecule has 5 N–H and O–H groups in total. The molecule has 8 heteroatoms. The standard InChI is InChI=1S/C17H26N4O3S/c1-19-11-15(22)20-14(10-12-6-4-3-5-7-12)17(24)21-13(16(18)23)8-9-25-2/h3-7,13-14,19H,8-11H2,1-2H3,(H2,18,23)(H,20,22)(H,21,24). The normalized spacial score (nSPS) is 12.9. The summed E-state index contributed by atoms with van der Waals surface area (Å²) in [5, 5.41) is 8.09. The number of hydrogen-bond acceptors (Lipinski definition) is 5. The Morgan fingerprint density at radius 2 is 1.80 bits per heavy atom. The molecule has 25 heavy (non-hydrogen) atoms. The summed E-state index contributed by atoms with van der Waals surface area (Å²) in [6.45, 7) is 0.101. The van der Waals surface area contributed by atoms with E-state index in [1.165, 1.54) is 0 Å². The Kier molecular flexibility index (Phi) is 9.64. The monoisotopic (exact) mass is 366 g/mol. The van der Waals surface area contributed by atoms with Gasteiger partial charge < -0.3 is 21.7 Å². The molecule has 138 valence electrons. The van der Waals surface area contributed by atoms with Gasteiger partial charge in [-0.25, -0.2) is 0 Å². The second-order valence-electron chi connectivity index (χ2n) is 5.59. The molecule has 0 aromatic heterocycles. The molecule has 0 saturated carbocycles. The second-order valence-corrected chi connectivity index (χ2v) is 6.57. The van der Waals surface area contributed by atoms with Crippen molar-refractivity contribution in [2.75, 3.05) is 25.6 Å². The van der Waals surface area contributed by atoms with Crippen molar-refractivity contribution < 1.29 is 14.4 Å². The largest absolute Gasteiger partial charge is 0.368 e. The lowest BCUT2D eigenvalue weighted by Crippen LogP contribution is -2.54. The van der Waals surface area contributed by atoms with E-state index in [0.717, 1.165) is 5.56 Å². The number of nitrogens with one attached hydrogen (secondary N) is 3. The lowest BCUT2D eigenvalue weighted by atomic mass is 10.0. The van der Waals surface area contributed by atoms with Crippen molar-refractivity contribution in [3.8, 4) is 0 Å². The fraction of sp³-hybridized carbons (Fsp3) is 0.471. The van der Waals surface area contributed by atoms with E-state index in [9.17, 15) is 14.4 Å². The molecule has 1 aromatic carbocycles. The summed E-state index contributed by atoms with van der Waals surface area (Å²) in [5.74, 6) is -0.595. The lowest BCUT2D eigenvalue weighted by Gasteiger charge is -2.22. The first-order chi connectivity index (χ1) is 12.0. The average Bonchev–Trinajstić information content (AvgIpc) is 2.58. The van der Waals surface area contributed by atoms with Crippen LogP contribution in [0, 0.1) is 0 Å². The number of hydrogen-bond donors (Lipinski definition) is 4. The molecule has 2 unspecified atom stereocenters. The maximum absolute atomic E-state index is 12.6. The second kappa shape index (κ2) is 11.5. The molecule has 0 aliphatic rings. The molecule has 1 rings (SSSR count). The van der Waals surface area contributed by atoms with Gasteiger partial charge in [-0.3, -0.25) is 14.4 Å². The van der Waals surface area contributed by atoms with Crippen LogP contribution in [-0.2, 0) is 20.8 Å². The number of benzene rings is 1. The number of carbonyl (C=O) groups excluding carboxylic acids is 3. The number of likely N-dealkylation sites (N-methyl/N-ethyl adjacent to an activating group) is 1. The van der Waals surface area contributed by atoms with Crippen molar-refractivity contribution in [1.29, 1.82) is 0 Å².